The molecule has 1 saturated heterocycles. The molecule has 1 atom stereocenters. The molecule has 30 heavy (non-hydrogen) atoms. The third-order valence-corrected chi connectivity index (χ3v) is 4.88. The molecule has 7 heteroatoms. The molecule has 1 amide bonds. The first-order valence-electron chi connectivity index (χ1n) is 9.72. The summed E-state index contributed by atoms with van der Waals surface area (Å²) in [5.41, 5.74) is 1.05. The molecule has 2 aromatic carbocycles. The molecular weight excluding hydrogens is 386 g/mol. The fraction of sp³-hybridized carbons (Fsp3) is 0.261. The average molecular weight is 409 g/mol. The summed E-state index contributed by atoms with van der Waals surface area (Å²) < 4.78 is 5.45. The van der Waals surface area contributed by atoms with Crippen LogP contribution in [0.4, 0.5) is 0 Å². The van der Waals surface area contributed by atoms with Crippen LogP contribution in [0.25, 0.3) is 5.76 Å². The van der Waals surface area contributed by atoms with E-state index >= 15 is 0 Å². The van der Waals surface area contributed by atoms with Gasteiger partial charge in [-0.25, -0.2) is 0 Å². The van der Waals surface area contributed by atoms with E-state index in [9.17, 15) is 19.5 Å². The molecule has 1 heterocycles. The molecule has 0 saturated carbocycles. The molecule has 0 radical (unpaired) electrons. The first-order valence-corrected chi connectivity index (χ1v) is 9.72. The Morgan fingerprint density at radius 1 is 1.03 bits per heavy atom. The smallest absolute Gasteiger partial charge is 0.303 e. The Hall–Kier alpha value is -3.61. The number of aliphatic carboxylic acids is 1. The molecule has 1 aliphatic heterocycles. The van der Waals surface area contributed by atoms with Gasteiger partial charge >= 0.3 is 5.97 Å². The minimum atomic E-state index is -0.978. The number of carbonyl (C=O) groups is 3. The van der Waals surface area contributed by atoms with Crippen LogP contribution >= 0.6 is 0 Å². The molecule has 1 aliphatic rings. The number of carboxylic acid groups (broad SMARTS) is 1. The summed E-state index contributed by atoms with van der Waals surface area (Å²) in [6, 6.07) is 14.7. The maximum Gasteiger partial charge on any atom is 0.303 e. The molecule has 7 nitrogen and oxygen atoms in total. The van der Waals surface area contributed by atoms with Gasteiger partial charge in [0.15, 0.2) is 0 Å². The zero-order valence-electron chi connectivity index (χ0n) is 16.6. The SMILES string of the molecule is CCOc1ccc(C2/C(=C(/O)c3ccccc3)C(=O)C(=O)N2CCCC(=O)O)cc1. The molecule has 0 spiro atoms. The predicted octanol–water partition coefficient (Wildman–Crippen LogP) is 3.37. The molecule has 0 bridgehead atoms. The Balaban J connectivity index is 2.06. The highest BCUT2D eigenvalue weighted by Gasteiger charge is 2.45. The van der Waals surface area contributed by atoms with Crippen molar-refractivity contribution in [2.75, 3.05) is 13.2 Å². The molecule has 2 aromatic rings. The number of rotatable bonds is 8. The number of aliphatic hydroxyl groups is 1. The third kappa shape index (κ3) is 4.35. The van der Waals surface area contributed by atoms with E-state index in [1.165, 1.54) is 4.90 Å². The number of Topliss-reactive ketones (excluding diaryl/α,β-unsaturated/α-hetero) is 1. The molecule has 0 aromatic heterocycles. The van der Waals surface area contributed by atoms with Crippen molar-refractivity contribution >= 4 is 23.4 Å². The van der Waals surface area contributed by atoms with Crippen molar-refractivity contribution < 1.29 is 29.3 Å². The number of hydrogen-bond acceptors (Lipinski definition) is 5. The Labute approximate surface area is 174 Å². The topological polar surface area (TPSA) is 104 Å². The van der Waals surface area contributed by atoms with Crippen LogP contribution in [0, 0.1) is 0 Å². The first-order chi connectivity index (χ1) is 14.4. The minimum Gasteiger partial charge on any atom is -0.507 e. The summed E-state index contributed by atoms with van der Waals surface area (Å²) in [6.45, 7) is 2.45. The van der Waals surface area contributed by atoms with E-state index in [0.29, 0.717) is 23.5 Å². The summed E-state index contributed by atoms with van der Waals surface area (Å²) in [4.78, 5) is 37.8. The number of hydrogen-bond donors (Lipinski definition) is 2. The molecule has 2 N–H and O–H groups in total. The Morgan fingerprint density at radius 3 is 2.30 bits per heavy atom. The fourth-order valence-corrected chi connectivity index (χ4v) is 3.52. The lowest BCUT2D eigenvalue weighted by Crippen LogP contribution is -2.31. The number of ether oxygens (including phenoxy) is 1. The number of carbonyl (C=O) groups excluding carboxylic acids is 2. The van der Waals surface area contributed by atoms with Crippen molar-refractivity contribution in [1.82, 2.24) is 4.90 Å². The van der Waals surface area contributed by atoms with Crippen molar-refractivity contribution in [1.29, 1.82) is 0 Å². The molecule has 3 rings (SSSR count). The first kappa shape index (κ1) is 21.1. The van der Waals surface area contributed by atoms with E-state index in [-0.39, 0.29) is 30.7 Å². The van der Waals surface area contributed by atoms with Crippen LogP contribution in [-0.4, -0.2) is 45.9 Å². The molecular formula is C23H23NO6. The van der Waals surface area contributed by atoms with Gasteiger partial charge in [0.2, 0.25) is 0 Å². The van der Waals surface area contributed by atoms with E-state index in [2.05, 4.69) is 0 Å². The molecule has 1 fully saturated rings. The van der Waals surface area contributed by atoms with Gasteiger partial charge in [0.25, 0.3) is 11.7 Å². The number of nitrogens with zero attached hydrogens (tertiary/aromatic N) is 1. The molecule has 1 unspecified atom stereocenters. The van der Waals surface area contributed by atoms with Gasteiger partial charge in [-0.3, -0.25) is 14.4 Å². The number of ketones is 1. The maximum absolute atomic E-state index is 12.8. The summed E-state index contributed by atoms with van der Waals surface area (Å²) in [5.74, 6) is -2.13. The Morgan fingerprint density at radius 2 is 1.70 bits per heavy atom. The number of carboxylic acids is 1. The van der Waals surface area contributed by atoms with Gasteiger partial charge in [-0.05, 0) is 31.0 Å². The van der Waals surface area contributed by atoms with E-state index in [1.807, 2.05) is 6.92 Å². The number of likely N-dealkylation sites (tertiary alicyclic amines) is 1. The normalized spacial score (nSPS) is 17.9. The van der Waals surface area contributed by atoms with E-state index in [1.54, 1.807) is 54.6 Å². The van der Waals surface area contributed by atoms with Gasteiger partial charge in [-0.1, -0.05) is 42.5 Å². The zero-order chi connectivity index (χ0) is 21.7. The largest absolute Gasteiger partial charge is 0.507 e. The number of aliphatic hydroxyl groups excluding tert-OH is 1. The zero-order valence-corrected chi connectivity index (χ0v) is 16.6. The van der Waals surface area contributed by atoms with E-state index < -0.39 is 23.7 Å². The van der Waals surface area contributed by atoms with Gasteiger partial charge in [-0.15, -0.1) is 0 Å². The van der Waals surface area contributed by atoms with Crippen molar-refractivity contribution in [3.8, 4) is 5.75 Å². The minimum absolute atomic E-state index is 0.00863. The van der Waals surface area contributed by atoms with Crippen LogP contribution in [0.2, 0.25) is 0 Å². The van der Waals surface area contributed by atoms with Gasteiger partial charge in [0.1, 0.15) is 11.5 Å². The highest BCUT2D eigenvalue weighted by Crippen LogP contribution is 2.39. The number of amides is 1. The van der Waals surface area contributed by atoms with Gasteiger partial charge in [0.05, 0.1) is 18.2 Å². The van der Waals surface area contributed by atoms with Crippen LogP contribution in [0.5, 0.6) is 5.75 Å². The van der Waals surface area contributed by atoms with Crippen molar-refractivity contribution in [3.63, 3.8) is 0 Å². The van der Waals surface area contributed by atoms with E-state index in [0.717, 1.165) is 0 Å². The van der Waals surface area contributed by atoms with Gasteiger partial charge in [-0.2, -0.15) is 0 Å². The Kier molecular flexibility index (Phi) is 6.51. The second kappa shape index (κ2) is 9.26. The predicted molar refractivity (Wildman–Crippen MR) is 110 cm³/mol. The second-order valence-corrected chi connectivity index (χ2v) is 6.86. The highest BCUT2D eigenvalue weighted by molar-refractivity contribution is 6.46. The van der Waals surface area contributed by atoms with Crippen molar-refractivity contribution in [2.45, 2.75) is 25.8 Å². The molecule has 156 valence electrons. The van der Waals surface area contributed by atoms with Gasteiger partial charge in [0, 0.05) is 18.5 Å². The Bertz CT molecular complexity index is 965. The summed E-state index contributed by atoms with van der Waals surface area (Å²) in [6.07, 6.45) is 0.0684. The number of benzene rings is 2. The highest BCUT2D eigenvalue weighted by atomic mass is 16.5. The lowest BCUT2D eigenvalue weighted by atomic mass is 9.95. The second-order valence-electron chi connectivity index (χ2n) is 6.86. The molecule has 0 aliphatic carbocycles. The summed E-state index contributed by atoms with van der Waals surface area (Å²) in [5, 5.41) is 19.8. The lowest BCUT2D eigenvalue weighted by Gasteiger charge is -2.25. The van der Waals surface area contributed by atoms with E-state index in [4.69, 9.17) is 9.84 Å². The quantitative estimate of drug-likeness (QED) is 0.394. The fourth-order valence-electron chi connectivity index (χ4n) is 3.52. The van der Waals surface area contributed by atoms with Crippen LogP contribution in [-0.2, 0) is 14.4 Å². The third-order valence-electron chi connectivity index (χ3n) is 4.88. The summed E-state index contributed by atoms with van der Waals surface area (Å²) >= 11 is 0. The van der Waals surface area contributed by atoms with Crippen LogP contribution < -0.4 is 4.74 Å². The monoisotopic (exact) mass is 409 g/mol. The lowest BCUT2D eigenvalue weighted by molar-refractivity contribution is -0.140. The maximum atomic E-state index is 12.8. The van der Waals surface area contributed by atoms with Crippen LogP contribution in [0.1, 0.15) is 36.9 Å². The average Bonchev–Trinajstić information content (AvgIpc) is 2.99. The van der Waals surface area contributed by atoms with Gasteiger partial charge < -0.3 is 19.8 Å². The van der Waals surface area contributed by atoms with Crippen LogP contribution in [0.15, 0.2) is 60.2 Å². The van der Waals surface area contributed by atoms with Crippen molar-refractivity contribution in [3.05, 3.63) is 71.3 Å². The van der Waals surface area contributed by atoms with Crippen molar-refractivity contribution in [2.24, 2.45) is 0 Å². The summed E-state index contributed by atoms with van der Waals surface area (Å²) in [7, 11) is 0. The standard InChI is InChI=1S/C23H23NO6/c1-2-30-17-12-10-15(11-13-17)20-19(21(27)16-7-4-3-5-8-16)22(28)23(29)24(20)14-6-9-18(25)26/h3-5,7-8,10-13,20,27H,2,6,9,14H2,1H3,(H,25,26)/b21-19-. The van der Waals surface area contributed by atoms with Crippen LogP contribution in [0.3, 0.4) is 0 Å².